The van der Waals surface area contributed by atoms with Crippen LogP contribution in [0.3, 0.4) is 0 Å². The lowest BCUT2D eigenvalue weighted by molar-refractivity contribution is -0.147. The number of carbonyl (C=O) groups excluding carboxylic acids is 1. The van der Waals surface area contributed by atoms with Crippen LogP contribution in [0.5, 0.6) is 0 Å². The second kappa shape index (κ2) is 6.11. The van der Waals surface area contributed by atoms with E-state index in [1.165, 1.54) is 30.6 Å². The monoisotopic (exact) mass is 294 g/mol. The molecule has 0 fully saturated rings. The molecule has 1 heterocycles. The number of hydrogen-bond donors (Lipinski definition) is 1. The minimum atomic E-state index is -1.05. The SMILES string of the molecule is COC(=O)C(CN)(Cc1cscn1)c1ccc(F)cc1. The molecule has 1 aromatic heterocycles. The number of ether oxygens (including phenoxy) is 1. The topological polar surface area (TPSA) is 65.2 Å². The fourth-order valence-corrected chi connectivity index (χ4v) is 2.72. The molecule has 0 amide bonds. The first kappa shape index (κ1) is 14.6. The molecule has 0 radical (unpaired) electrons. The van der Waals surface area contributed by atoms with Crippen LogP contribution < -0.4 is 5.73 Å². The van der Waals surface area contributed by atoms with Crippen molar-refractivity contribution in [2.75, 3.05) is 13.7 Å². The van der Waals surface area contributed by atoms with Crippen LogP contribution in [-0.4, -0.2) is 24.6 Å². The Morgan fingerprint density at radius 3 is 2.65 bits per heavy atom. The summed E-state index contributed by atoms with van der Waals surface area (Å²) in [5.41, 5.74) is 7.89. The van der Waals surface area contributed by atoms with Crippen LogP contribution in [0.4, 0.5) is 4.39 Å². The highest BCUT2D eigenvalue weighted by Gasteiger charge is 2.41. The van der Waals surface area contributed by atoms with Gasteiger partial charge in [0.1, 0.15) is 11.2 Å². The molecule has 2 N–H and O–H groups in total. The van der Waals surface area contributed by atoms with E-state index in [-0.39, 0.29) is 12.4 Å². The smallest absolute Gasteiger partial charge is 0.317 e. The number of benzene rings is 1. The van der Waals surface area contributed by atoms with E-state index in [1.807, 2.05) is 5.38 Å². The molecule has 2 rings (SSSR count). The van der Waals surface area contributed by atoms with Crippen LogP contribution in [0, 0.1) is 5.82 Å². The van der Waals surface area contributed by atoms with Gasteiger partial charge in [-0.05, 0) is 17.7 Å². The highest BCUT2D eigenvalue weighted by Crippen LogP contribution is 2.29. The summed E-state index contributed by atoms with van der Waals surface area (Å²) in [4.78, 5) is 16.4. The third-order valence-corrected chi connectivity index (χ3v) is 3.92. The van der Waals surface area contributed by atoms with Crippen molar-refractivity contribution in [1.82, 2.24) is 4.98 Å². The van der Waals surface area contributed by atoms with Crippen LogP contribution in [0.25, 0.3) is 0 Å². The normalized spacial score (nSPS) is 13.8. The maximum atomic E-state index is 13.1. The summed E-state index contributed by atoms with van der Waals surface area (Å²) in [6.45, 7) is 0.0584. The number of aromatic nitrogens is 1. The zero-order valence-corrected chi connectivity index (χ0v) is 11.8. The van der Waals surface area contributed by atoms with E-state index in [0.29, 0.717) is 12.0 Å². The highest BCUT2D eigenvalue weighted by atomic mass is 32.1. The molecule has 0 bridgehead atoms. The Labute approximate surface area is 120 Å². The summed E-state index contributed by atoms with van der Waals surface area (Å²) in [7, 11) is 1.32. The van der Waals surface area contributed by atoms with Crippen molar-refractivity contribution >= 4 is 17.3 Å². The number of nitrogens with zero attached hydrogens (tertiary/aromatic N) is 1. The van der Waals surface area contributed by atoms with Crippen molar-refractivity contribution in [1.29, 1.82) is 0 Å². The van der Waals surface area contributed by atoms with Crippen LogP contribution in [0.1, 0.15) is 11.3 Å². The number of methoxy groups -OCH3 is 1. The van der Waals surface area contributed by atoms with Crippen molar-refractivity contribution in [3.8, 4) is 0 Å². The van der Waals surface area contributed by atoms with Gasteiger partial charge >= 0.3 is 5.97 Å². The van der Waals surface area contributed by atoms with Crippen molar-refractivity contribution in [3.63, 3.8) is 0 Å². The summed E-state index contributed by atoms with van der Waals surface area (Å²) in [6, 6.07) is 5.74. The lowest BCUT2D eigenvalue weighted by Crippen LogP contribution is -2.45. The standard InChI is InChI=1S/C14H15FN2O2S/c1-19-13(18)14(8-16,6-12-7-20-9-17-12)10-2-4-11(15)5-3-10/h2-5,7,9H,6,8,16H2,1H3. The van der Waals surface area contributed by atoms with Gasteiger partial charge in [-0.25, -0.2) is 9.37 Å². The second-order valence-electron chi connectivity index (χ2n) is 4.44. The molecular weight excluding hydrogens is 279 g/mol. The van der Waals surface area contributed by atoms with Gasteiger partial charge in [-0.15, -0.1) is 11.3 Å². The first-order chi connectivity index (χ1) is 9.62. The third-order valence-electron chi connectivity index (χ3n) is 3.29. The maximum Gasteiger partial charge on any atom is 0.317 e. The number of halogens is 1. The Kier molecular flexibility index (Phi) is 4.46. The van der Waals surface area contributed by atoms with Gasteiger partial charge in [0.15, 0.2) is 0 Å². The number of nitrogens with two attached hydrogens (primary N) is 1. The number of rotatable bonds is 5. The Morgan fingerprint density at radius 1 is 1.45 bits per heavy atom. The minimum Gasteiger partial charge on any atom is -0.468 e. The van der Waals surface area contributed by atoms with Gasteiger partial charge in [-0.2, -0.15) is 0 Å². The zero-order chi connectivity index (χ0) is 14.6. The van der Waals surface area contributed by atoms with E-state index in [1.54, 1.807) is 17.6 Å². The van der Waals surface area contributed by atoms with Gasteiger partial charge in [0, 0.05) is 18.3 Å². The second-order valence-corrected chi connectivity index (χ2v) is 5.16. The van der Waals surface area contributed by atoms with Crippen LogP contribution in [-0.2, 0) is 21.4 Å². The molecule has 1 unspecified atom stereocenters. The van der Waals surface area contributed by atoms with E-state index in [2.05, 4.69) is 4.98 Å². The van der Waals surface area contributed by atoms with Crippen LogP contribution >= 0.6 is 11.3 Å². The fraction of sp³-hybridized carbons (Fsp3) is 0.286. The Balaban J connectivity index is 2.46. The summed E-state index contributed by atoms with van der Waals surface area (Å²) >= 11 is 1.44. The average molecular weight is 294 g/mol. The predicted octanol–water partition coefficient (Wildman–Crippen LogP) is 1.89. The van der Waals surface area contributed by atoms with E-state index in [0.717, 1.165) is 5.69 Å². The molecule has 106 valence electrons. The van der Waals surface area contributed by atoms with E-state index in [9.17, 15) is 9.18 Å². The van der Waals surface area contributed by atoms with Gasteiger partial charge in [-0.1, -0.05) is 12.1 Å². The molecule has 4 nitrogen and oxygen atoms in total. The largest absolute Gasteiger partial charge is 0.468 e. The fourth-order valence-electron chi connectivity index (χ4n) is 2.16. The molecule has 0 aliphatic carbocycles. The van der Waals surface area contributed by atoms with E-state index in [4.69, 9.17) is 10.5 Å². The number of esters is 1. The molecule has 2 aromatic rings. The molecule has 0 spiro atoms. The minimum absolute atomic E-state index is 0.0584. The van der Waals surface area contributed by atoms with Gasteiger partial charge in [0.05, 0.1) is 18.3 Å². The first-order valence-electron chi connectivity index (χ1n) is 6.04. The zero-order valence-electron chi connectivity index (χ0n) is 11.0. The van der Waals surface area contributed by atoms with Gasteiger partial charge < -0.3 is 10.5 Å². The lowest BCUT2D eigenvalue weighted by atomic mass is 9.76. The molecule has 1 atom stereocenters. The van der Waals surface area contributed by atoms with Crippen LogP contribution in [0.2, 0.25) is 0 Å². The summed E-state index contributed by atoms with van der Waals surface area (Å²) < 4.78 is 18.0. The Morgan fingerprint density at radius 2 is 2.15 bits per heavy atom. The Bertz CT molecular complexity index is 571. The molecule has 0 aliphatic rings. The Hall–Kier alpha value is -1.79. The van der Waals surface area contributed by atoms with Gasteiger partial charge in [0.25, 0.3) is 0 Å². The lowest BCUT2D eigenvalue weighted by Gasteiger charge is -2.29. The summed E-state index contributed by atoms with van der Waals surface area (Å²) in [6.07, 6.45) is 0.325. The van der Waals surface area contributed by atoms with Gasteiger partial charge in [-0.3, -0.25) is 4.79 Å². The van der Waals surface area contributed by atoms with Crippen molar-refractivity contribution < 1.29 is 13.9 Å². The van der Waals surface area contributed by atoms with E-state index < -0.39 is 11.4 Å². The maximum absolute atomic E-state index is 13.1. The molecule has 0 saturated heterocycles. The quantitative estimate of drug-likeness (QED) is 0.855. The van der Waals surface area contributed by atoms with E-state index >= 15 is 0 Å². The number of hydrogen-bond acceptors (Lipinski definition) is 5. The average Bonchev–Trinajstić information content (AvgIpc) is 2.98. The molecular formula is C14H15FN2O2S. The molecule has 20 heavy (non-hydrogen) atoms. The van der Waals surface area contributed by atoms with Crippen LogP contribution in [0.15, 0.2) is 35.2 Å². The number of thiazole rings is 1. The predicted molar refractivity (Wildman–Crippen MR) is 75.0 cm³/mol. The first-order valence-corrected chi connectivity index (χ1v) is 6.98. The highest BCUT2D eigenvalue weighted by molar-refractivity contribution is 7.07. The summed E-state index contributed by atoms with van der Waals surface area (Å²) in [5, 5.41) is 1.86. The van der Waals surface area contributed by atoms with Crippen molar-refractivity contribution in [2.45, 2.75) is 11.8 Å². The van der Waals surface area contributed by atoms with Crippen molar-refractivity contribution in [2.24, 2.45) is 5.73 Å². The van der Waals surface area contributed by atoms with Crippen molar-refractivity contribution in [3.05, 3.63) is 52.2 Å². The molecule has 1 aromatic carbocycles. The molecule has 0 saturated carbocycles. The third kappa shape index (κ3) is 2.71. The van der Waals surface area contributed by atoms with Gasteiger partial charge in [0.2, 0.25) is 0 Å². The molecule has 6 heteroatoms. The number of carbonyl (C=O) groups is 1. The molecule has 0 aliphatic heterocycles. The summed E-state index contributed by atoms with van der Waals surface area (Å²) in [5.74, 6) is -0.808.